The minimum Gasteiger partial charge on any atom is -0.350 e. The van der Waals surface area contributed by atoms with Crippen molar-refractivity contribution in [1.82, 2.24) is 19.9 Å². The van der Waals surface area contributed by atoms with E-state index in [1.165, 1.54) is 31.2 Å². The number of aromatic nitrogens is 3. The van der Waals surface area contributed by atoms with Crippen molar-refractivity contribution in [3.05, 3.63) is 47.2 Å². The van der Waals surface area contributed by atoms with Crippen LogP contribution >= 0.6 is 0 Å². The van der Waals surface area contributed by atoms with Crippen molar-refractivity contribution < 1.29 is 4.79 Å². The van der Waals surface area contributed by atoms with Crippen LogP contribution in [-0.4, -0.2) is 38.8 Å². The van der Waals surface area contributed by atoms with Gasteiger partial charge in [-0.1, -0.05) is 31.7 Å². The number of anilines is 1. The number of carbonyl (C=O) groups excluding carboxylic acids is 1. The molecule has 0 aromatic carbocycles. The Balaban J connectivity index is 1.35. The number of hydrogen-bond donors (Lipinski definition) is 0. The maximum Gasteiger partial charge on any atom is 0.223 e. The van der Waals surface area contributed by atoms with E-state index < -0.39 is 0 Å². The summed E-state index contributed by atoms with van der Waals surface area (Å²) in [7, 11) is 0. The molecule has 2 aliphatic heterocycles. The summed E-state index contributed by atoms with van der Waals surface area (Å²) in [5.41, 5.74) is 3.39. The van der Waals surface area contributed by atoms with E-state index in [2.05, 4.69) is 27.8 Å². The lowest BCUT2D eigenvalue weighted by Gasteiger charge is -2.32. The van der Waals surface area contributed by atoms with Crippen LogP contribution < -0.4 is 4.90 Å². The van der Waals surface area contributed by atoms with Gasteiger partial charge in [-0.2, -0.15) is 0 Å². The summed E-state index contributed by atoms with van der Waals surface area (Å²) in [6.45, 7) is 4.69. The molecule has 1 saturated carbocycles. The minimum absolute atomic E-state index is 0.0219. The van der Waals surface area contributed by atoms with Crippen molar-refractivity contribution in [1.29, 1.82) is 0 Å². The first-order valence-corrected chi connectivity index (χ1v) is 12.5. The molecule has 5 rings (SSSR count). The topological polar surface area (TPSA) is 62.2 Å². The largest absolute Gasteiger partial charge is 0.350 e. The van der Waals surface area contributed by atoms with Crippen molar-refractivity contribution in [2.24, 2.45) is 5.92 Å². The lowest BCUT2D eigenvalue weighted by atomic mass is 10.0. The average molecular weight is 434 g/mol. The van der Waals surface area contributed by atoms with Crippen molar-refractivity contribution in [2.45, 2.75) is 83.7 Å². The summed E-state index contributed by atoms with van der Waals surface area (Å²) in [5, 5.41) is 0. The van der Waals surface area contributed by atoms with Crippen LogP contribution in [0.25, 0.3) is 0 Å². The normalized spacial score (nSPS) is 21.2. The Hall–Kier alpha value is -2.50. The van der Waals surface area contributed by atoms with Gasteiger partial charge in [0.2, 0.25) is 5.91 Å². The van der Waals surface area contributed by atoms with Gasteiger partial charge in [-0.15, -0.1) is 0 Å². The molecule has 0 bridgehead atoms. The van der Waals surface area contributed by atoms with E-state index in [1.54, 1.807) is 0 Å². The standard InChI is InChI=1S/C26H35N5O/c1-19-22-11-6-16-30(18-21-10-4-5-15-27-21)26(22)29-25(28-19)23-12-7-17-31(23)24(32)14-13-20-8-2-3-9-20/h4-5,10,15,20,23H,2-3,6-9,11-14,16-18H2,1H3/t23-/m1/s1. The molecule has 1 amide bonds. The number of nitrogens with zero attached hydrogens (tertiary/aromatic N) is 5. The maximum atomic E-state index is 13.1. The van der Waals surface area contributed by atoms with E-state index in [0.717, 1.165) is 80.7 Å². The van der Waals surface area contributed by atoms with Crippen LogP contribution in [0.5, 0.6) is 0 Å². The van der Waals surface area contributed by atoms with E-state index >= 15 is 0 Å². The highest BCUT2D eigenvalue weighted by atomic mass is 16.2. The number of fused-ring (bicyclic) bond motifs is 1. The molecule has 6 nitrogen and oxygen atoms in total. The molecule has 2 aromatic heterocycles. The molecule has 0 radical (unpaired) electrons. The summed E-state index contributed by atoms with van der Waals surface area (Å²) < 4.78 is 0. The molecule has 3 aliphatic rings. The molecule has 1 saturated heterocycles. The van der Waals surface area contributed by atoms with Gasteiger partial charge in [-0.3, -0.25) is 9.78 Å². The van der Waals surface area contributed by atoms with Gasteiger partial charge >= 0.3 is 0 Å². The molecule has 4 heterocycles. The van der Waals surface area contributed by atoms with Crippen LogP contribution in [0, 0.1) is 12.8 Å². The van der Waals surface area contributed by atoms with E-state index in [9.17, 15) is 4.79 Å². The minimum atomic E-state index is 0.0219. The highest BCUT2D eigenvalue weighted by Crippen LogP contribution is 2.36. The summed E-state index contributed by atoms with van der Waals surface area (Å²) in [6.07, 6.45) is 13.0. The lowest BCUT2D eigenvalue weighted by molar-refractivity contribution is -0.132. The SMILES string of the molecule is Cc1nc([C@H]2CCCN2C(=O)CCC2CCCC2)nc2c1CCCN2Cc1ccccn1. The first-order chi connectivity index (χ1) is 15.7. The summed E-state index contributed by atoms with van der Waals surface area (Å²) in [6, 6.07) is 6.09. The van der Waals surface area contributed by atoms with Crippen LogP contribution in [0.4, 0.5) is 5.82 Å². The maximum absolute atomic E-state index is 13.1. The van der Waals surface area contributed by atoms with Gasteiger partial charge in [0.15, 0.2) is 5.82 Å². The summed E-state index contributed by atoms with van der Waals surface area (Å²) in [4.78, 5) is 32.1. The molecular formula is C26H35N5O. The van der Waals surface area contributed by atoms with Crippen LogP contribution in [0.15, 0.2) is 24.4 Å². The highest BCUT2D eigenvalue weighted by Gasteiger charge is 2.34. The third kappa shape index (κ3) is 4.50. The first kappa shape index (κ1) is 21.4. The van der Waals surface area contributed by atoms with Crippen molar-refractivity contribution >= 4 is 11.7 Å². The summed E-state index contributed by atoms with van der Waals surface area (Å²) >= 11 is 0. The summed E-state index contributed by atoms with van der Waals surface area (Å²) in [5.74, 6) is 2.93. The van der Waals surface area contributed by atoms with Crippen LogP contribution in [0.3, 0.4) is 0 Å². The van der Waals surface area contributed by atoms with Crippen molar-refractivity contribution in [3.8, 4) is 0 Å². The fraction of sp³-hybridized carbons (Fsp3) is 0.615. The number of amides is 1. The predicted molar refractivity (Wildman–Crippen MR) is 125 cm³/mol. The first-order valence-electron chi connectivity index (χ1n) is 12.5. The zero-order chi connectivity index (χ0) is 21.9. The second-order valence-corrected chi connectivity index (χ2v) is 9.75. The van der Waals surface area contributed by atoms with E-state index in [1.807, 2.05) is 18.3 Å². The van der Waals surface area contributed by atoms with Crippen molar-refractivity contribution in [3.63, 3.8) is 0 Å². The number of hydrogen-bond acceptors (Lipinski definition) is 5. The number of rotatable bonds is 6. The molecule has 0 spiro atoms. The van der Waals surface area contributed by atoms with Crippen LogP contribution in [-0.2, 0) is 17.8 Å². The third-order valence-electron chi connectivity index (χ3n) is 7.56. The van der Waals surface area contributed by atoms with Crippen LogP contribution in [0.1, 0.15) is 86.6 Å². The number of carbonyl (C=O) groups is 1. The van der Waals surface area contributed by atoms with Gasteiger partial charge in [0.1, 0.15) is 5.82 Å². The molecule has 170 valence electrons. The molecule has 0 unspecified atom stereocenters. The number of aryl methyl sites for hydroxylation is 1. The molecule has 2 aromatic rings. The Morgan fingerprint density at radius 3 is 2.75 bits per heavy atom. The molecule has 6 heteroatoms. The molecule has 0 N–H and O–H groups in total. The smallest absolute Gasteiger partial charge is 0.223 e. The molecule has 32 heavy (non-hydrogen) atoms. The quantitative estimate of drug-likeness (QED) is 0.657. The lowest BCUT2D eigenvalue weighted by Crippen LogP contribution is -2.34. The monoisotopic (exact) mass is 433 g/mol. The number of likely N-dealkylation sites (tertiary alicyclic amines) is 1. The molecular weight excluding hydrogens is 398 g/mol. The van der Waals surface area contributed by atoms with E-state index in [4.69, 9.17) is 9.97 Å². The molecule has 1 atom stereocenters. The number of pyridine rings is 1. The van der Waals surface area contributed by atoms with Gasteiger partial charge in [0, 0.05) is 37.0 Å². The zero-order valence-corrected chi connectivity index (χ0v) is 19.3. The Morgan fingerprint density at radius 1 is 1.06 bits per heavy atom. The van der Waals surface area contributed by atoms with E-state index in [0.29, 0.717) is 12.3 Å². The van der Waals surface area contributed by atoms with Gasteiger partial charge in [0.05, 0.1) is 18.3 Å². The van der Waals surface area contributed by atoms with Crippen LogP contribution in [0.2, 0.25) is 0 Å². The predicted octanol–water partition coefficient (Wildman–Crippen LogP) is 4.77. The van der Waals surface area contributed by atoms with Gasteiger partial charge in [0.25, 0.3) is 0 Å². The Labute approximate surface area is 191 Å². The van der Waals surface area contributed by atoms with E-state index in [-0.39, 0.29) is 6.04 Å². The second kappa shape index (κ2) is 9.55. The Kier molecular flexibility index (Phi) is 6.37. The third-order valence-corrected chi connectivity index (χ3v) is 7.56. The fourth-order valence-corrected chi connectivity index (χ4v) is 5.80. The van der Waals surface area contributed by atoms with Crippen molar-refractivity contribution in [2.75, 3.05) is 18.0 Å². The second-order valence-electron chi connectivity index (χ2n) is 9.75. The average Bonchev–Trinajstić information content (AvgIpc) is 3.51. The van der Waals surface area contributed by atoms with Gasteiger partial charge in [-0.25, -0.2) is 9.97 Å². The van der Waals surface area contributed by atoms with Gasteiger partial charge < -0.3 is 9.80 Å². The molecule has 1 aliphatic carbocycles. The zero-order valence-electron chi connectivity index (χ0n) is 19.3. The molecule has 2 fully saturated rings. The fourth-order valence-electron chi connectivity index (χ4n) is 5.80. The Bertz CT molecular complexity index is 941. The highest BCUT2D eigenvalue weighted by molar-refractivity contribution is 5.77. The van der Waals surface area contributed by atoms with Gasteiger partial charge in [-0.05, 0) is 57.1 Å². The Morgan fingerprint density at radius 2 is 1.94 bits per heavy atom.